The average molecular weight is 417 g/mol. The van der Waals surface area contributed by atoms with Crippen molar-refractivity contribution < 1.29 is 4.43 Å². The third-order valence-electron chi connectivity index (χ3n) is 8.02. The van der Waals surface area contributed by atoms with Gasteiger partial charge in [0.05, 0.1) is 0 Å². The molecule has 4 rings (SSSR count). The maximum atomic E-state index is 6.61. The monoisotopic (exact) mass is 416 g/mol. The molecule has 0 saturated carbocycles. The van der Waals surface area contributed by atoms with E-state index < -0.39 is 8.32 Å². The first-order valence-electron chi connectivity index (χ1n) is 11.2. The summed E-state index contributed by atoms with van der Waals surface area (Å²) in [5.41, 5.74) is 4.17. The molecule has 0 fully saturated rings. The van der Waals surface area contributed by atoms with Crippen LogP contribution in [0, 0.1) is 12.8 Å². The van der Waals surface area contributed by atoms with E-state index in [0.29, 0.717) is 5.92 Å². The zero-order chi connectivity index (χ0) is 21.9. The van der Waals surface area contributed by atoms with E-state index in [1.165, 1.54) is 38.2 Å². The molecule has 2 atom stereocenters. The van der Waals surface area contributed by atoms with Crippen molar-refractivity contribution in [3.63, 3.8) is 0 Å². The topological polar surface area (TPSA) is 9.23 Å². The molecule has 0 radical (unpaired) electrons. The second-order valence-corrected chi connectivity index (χ2v) is 15.8. The molecule has 1 aliphatic carbocycles. The number of fused-ring (bicyclic) bond motifs is 5. The first-order valence-corrected chi connectivity index (χ1v) is 14.2. The van der Waals surface area contributed by atoms with Crippen LogP contribution in [0.5, 0.6) is 0 Å². The van der Waals surface area contributed by atoms with Gasteiger partial charge in [-0.1, -0.05) is 89.2 Å². The Bertz CT molecular complexity index is 1150. The highest BCUT2D eigenvalue weighted by Gasteiger charge is 2.41. The first-order chi connectivity index (χ1) is 14.0. The predicted molar refractivity (Wildman–Crippen MR) is 135 cm³/mol. The van der Waals surface area contributed by atoms with E-state index in [2.05, 4.69) is 109 Å². The van der Waals surface area contributed by atoms with Crippen LogP contribution in [0.2, 0.25) is 18.1 Å². The van der Waals surface area contributed by atoms with E-state index in [1.54, 1.807) is 0 Å². The molecule has 0 unspecified atom stereocenters. The lowest BCUT2D eigenvalue weighted by Crippen LogP contribution is -2.43. The number of rotatable bonds is 4. The van der Waals surface area contributed by atoms with Crippen LogP contribution in [0.3, 0.4) is 0 Å². The summed E-state index contributed by atoms with van der Waals surface area (Å²) >= 11 is 0. The maximum Gasteiger partial charge on any atom is 0.191 e. The molecular weight excluding hydrogens is 380 g/mol. The summed E-state index contributed by atoms with van der Waals surface area (Å²) in [6.07, 6.45) is 4.76. The van der Waals surface area contributed by atoms with Crippen molar-refractivity contribution in [2.75, 3.05) is 6.61 Å². The highest BCUT2D eigenvalue weighted by atomic mass is 28.4. The van der Waals surface area contributed by atoms with E-state index in [0.717, 1.165) is 6.61 Å². The summed E-state index contributed by atoms with van der Waals surface area (Å²) in [7, 11) is -1.75. The van der Waals surface area contributed by atoms with Gasteiger partial charge >= 0.3 is 0 Å². The number of hydrogen-bond acceptors (Lipinski definition) is 1. The molecule has 1 nitrogen and oxygen atoms in total. The van der Waals surface area contributed by atoms with Crippen LogP contribution in [-0.4, -0.2) is 14.9 Å². The highest BCUT2D eigenvalue weighted by Crippen LogP contribution is 2.46. The lowest BCUT2D eigenvalue weighted by Gasteiger charge is -2.39. The number of hydrogen-bond donors (Lipinski definition) is 0. The second-order valence-electron chi connectivity index (χ2n) is 10.9. The van der Waals surface area contributed by atoms with Gasteiger partial charge in [0.15, 0.2) is 8.32 Å². The summed E-state index contributed by atoms with van der Waals surface area (Å²) in [5.74, 6) is 0.421. The van der Waals surface area contributed by atoms with Gasteiger partial charge in [-0.05, 0) is 69.2 Å². The molecule has 158 valence electrons. The fraction of sp³-hybridized carbons (Fsp3) is 0.429. The van der Waals surface area contributed by atoms with Crippen LogP contribution < -0.4 is 0 Å². The Balaban J connectivity index is 1.72. The Morgan fingerprint density at radius 1 is 0.933 bits per heavy atom. The Labute approximate surface area is 183 Å². The number of benzene rings is 3. The van der Waals surface area contributed by atoms with E-state index >= 15 is 0 Å². The lowest BCUT2D eigenvalue weighted by molar-refractivity contribution is 0.198. The molecular formula is C28H36OSi. The standard InChI is InChI=1S/C28H36OSi/c1-19-10-9-11-22-21(19)12-13-24-23(22)14-15-26-25(24)16-17-28(26,6)20(2)18-29-30(7,8)27(3,4)5/h9-17,20H,18H2,1-8H3/t20-,28+/m1/s1. The minimum Gasteiger partial charge on any atom is -0.417 e. The van der Waals surface area contributed by atoms with E-state index in [1.807, 2.05) is 0 Å². The molecule has 3 aromatic carbocycles. The van der Waals surface area contributed by atoms with Crippen LogP contribution in [0.25, 0.3) is 27.6 Å². The van der Waals surface area contributed by atoms with Gasteiger partial charge in [0.2, 0.25) is 0 Å². The largest absolute Gasteiger partial charge is 0.417 e. The van der Waals surface area contributed by atoms with E-state index in [-0.39, 0.29) is 10.5 Å². The van der Waals surface area contributed by atoms with E-state index in [4.69, 9.17) is 4.43 Å². The molecule has 0 amide bonds. The zero-order valence-electron chi connectivity index (χ0n) is 19.9. The van der Waals surface area contributed by atoms with Crippen molar-refractivity contribution in [2.24, 2.45) is 5.92 Å². The fourth-order valence-electron chi connectivity index (χ4n) is 4.50. The molecule has 30 heavy (non-hydrogen) atoms. The molecule has 0 saturated heterocycles. The molecule has 0 aliphatic heterocycles. The van der Waals surface area contributed by atoms with Crippen LogP contribution in [0.4, 0.5) is 0 Å². The highest BCUT2D eigenvalue weighted by molar-refractivity contribution is 6.74. The van der Waals surface area contributed by atoms with Crippen LogP contribution >= 0.6 is 0 Å². The maximum absolute atomic E-state index is 6.61. The van der Waals surface area contributed by atoms with Gasteiger partial charge in [0.1, 0.15) is 0 Å². The summed E-state index contributed by atoms with van der Waals surface area (Å²) in [6.45, 7) is 19.4. The zero-order valence-corrected chi connectivity index (χ0v) is 20.9. The second kappa shape index (κ2) is 7.07. The summed E-state index contributed by atoms with van der Waals surface area (Å²) < 4.78 is 6.61. The predicted octanol–water partition coefficient (Wildman–Crippen LogP) is 8.24. The Hall–Kier alpha value is -1.90. The summed E-state index contributed by atoms with van der Waals surface area (Å²) in [4.78, 5) is 0. The Kier molecular flexibility index (Phi) is 5.03. The summed E-state index contributed by atoms with van der Waals surface area (Å²) in [6, 6.07) is 15.9. The molecule has 0 bridgehead atoms. The Morgan fingerprint density at radius 3 is 2.27 bits per heavy atom. The molecule has 2 heteroatoms. The smallest absolute Gasteiger partial charge is 0.191 e. The van der Waals surface area contributed by atoms with Crippen molar-refractivity contribution >= 4 is 35.9 Å². The van der Waals surface area contributed by atoms with Crippen LogP contribution in [0.1, 0.15) is 51.3 Å². The van der Waals surface area contributed by atoms with Crippen molar-refractivity contribution in [1.82, 2.24) is 0 Å². The fourth-order valence-corrected chi connectivity index (χ4v) is 5.60. The molecule has 0 N–H and O–H groups in total. The molecule has 0 aromatic heterocycles. The van der Waals surface area contributed by atoms with Gasteiger partial charge in [0.25, 0.3) is 0 Å². The number of aryl methyl sites for hydroxylation is 1. The molecule has 0 spiro atoms. The van der Waals surface area contributed by atoms with Crippen LogP contribution in [0.15, 0.2) is 48.5 Å². The van der Waals surface area contributed by atoms with Gasteiger partial charge in [-0.25, -0.2) is 0 Å². The minimum absolute atomic E-state index is 0.00739. The molecule has 1 aliphatic rings. The van der Waals surface area contributed by atoms with Crippen molar-refractivity contribution in [3.8, 4) is 0 Å². The van der Waals surface area contributed by atoms with Crippen molar-refractivity contribution in [1.29, 1.82) is 0 Å². The quantitative estimate of drug-likeness (QED) is 0.307. The van der Waals surface area contributed by atoms with Crippen molar-refractivity contribution in [3.05, 3.63) is 65.2 Å². The van der Waals surface area contributed by atoms with Crippen molar-refractivity contribution in [2.45, 2.75) is 65.1 Å². The molecule has 3 aromatic rings. The van der Waals surface area contributed by atoms with Gasteiger partial charge in [-0.2, -0.15) is 0 Å². The average Bonchev–Trinajstić information content (AvgIpc) is 3.04. The van der Waals surface area contributed by atoms with Gasteiger partial charge in [0, 0.05) is 12.0 Å². The van der Waals surface area contributed by atoms with Gasteiger partial charge in [-0.15, -0.1) is 0 Å². The first kappa shape index (κ1) is 21.3. The SMILES string of the molecule is Cc1cccc2c1ccc1c3c(ccc12)[C@](C)([C@H](C)CO[Si](C)(C)C(C)(C)C)C=C3. The third-order valence-corrected chi connectivity index (χ3v) is 12.5. The van der Waals surface area contributed by atoms with Crippen LogP contribution in [-0.2, 0) is 9.84 Å². The molecule has 0 heterocycles. The lowest BCUT2D eigenvalue weighted by atomic mass is 9.74. The van der Waals surface area contributed by atoms with Gasteiger partial charge < -0.3 is 4.43 Å². The normalized spacial score (nSPS) is 20.1. The number of allylic oxidation sites excluding steroid dienone is 1. The Morgan fingerprint density at radius 2 is 1.57 bits per heavy atom. The minimum atomic E-state index is -1.75. The summed E-state index contributed by atoms with van der Waals surface area (Å²) in [5, 5.41) is 5.67. The van der Waals surface area contributed by atoms with E-state index in [9.17, 15) is 0 Å². The van der Waals surface area contributed by atoms with Gasteiger partial charge in [-0.3, -0.25) is 0 Å². The third kappa shape index (κ3) is 3.25.